The van der Waals surface area contributed by atoms with E-state index in [1.54, 1.807) is 0 Å². The normalized spacial score (nSPS) is 16.0. The first-order valence-corrected chi connectivity index (χ1v) is 7.98. The quantitative estimate of drug-likeness (QED) is 0.927. The molecular weight excluding hydrogens is 256 g/mol. The van der Waals surface area contributed by atoms with E-state index >= 15 is 0 Å². The molecule has 2 nitrogen and oxygen atoms in total. The maximum atomic E-state index is 4.45. The van der Waals surface area contributed by atoms with Gasteiger partial charge in [-0.05, 0) is 68.3 Å². The summed E-state index contributed by atoms with van der Waals surface area (Å²) in [5.74, 6) is 0.822. The second-order valence-corrected chi connectivity index (χ2v) is 6.26. The van der Waals surface area contributed by atoms with Crippen LogP contribution in [0.3, 0.4) is 0 Å². The van der Waals surface area contributed by atoms with Gasteiger partial charge >= 0.3 is 0 Å². The van der Waals surface area contributed by atoms with Crippen LogP contribution in [0.1, 0.15) is 35.1 Å². The van der Waals surface area contributed by atoms with Gasteiger partial charge in [0.2, 0.25) is 0 Å². The molecule has 1 saturated heterocycles. The summed E-state index contributed by atoms with van der Waals surface area (Å²) in [6.45, 7) is 4.48. The lowest BCUT2D eigenvalue weighted by atomic mass is 9.91. The van der Waals surface area contributed by atoms with E-state index in [2.05, 4.69) is 47.6 Å². The van der Waals surface area contributed by atoms with Gasteiger partial charge in [-0.25, -0.2) is 0 Å². The minimum atomic E-state index is 0.822. The molecule has 2 heteroatoms. The molecule has 110 valence electrons. The molecule has 3 rings (SSSR count). The van der Waals surface area contributed by atoms with E-state index < -0.39 is 0 Å². The summed E-state index contributed by atoms with van der Waals surface area (Å²) in [4.78, 5) is 4.45. The van der Waals surface area contributed by atoms with Gasteiger partial charge in [0.1, 0.15) is 0 Å². The fourth-order valence-electron chi connectivity index (χ4n) is 3.23. The fraction of sp³-hybridized carbons (Fsp3) is 0.421. The number of benzene rings is 1. The maximum absolute atomic E-state index is 4.45. The van der Waals surface area contributed by atoms with Gasteiger partial charge in [0, 0.05) is 12.4 Å². The topological polar surface area (TPSA) is 24.9 Å². The zero-order valence-electron chi connectivity index (χ0n) is 12.8. The third-order valence-electron chi connectivity index (χ3n) is 4.33. The molecule has 2 aromatic rings. The summed E-state index contributed by atoms with van der Waals surface area (Å²) >= 11 is 0. The highest BCUT2D eigenvalue weighted by Gasteiger charge is 2.13. The largest absolute Gasteiger partial charge is 0.317 e. The summed E-state index contributed by atoms with van der Waals surface area (Å²) in [6.07, 6.45) is 8.80. The van der Waals surface area contributed by atoms with Crippen molar-refractivity contribution in [1.29, 1.82) is 0 Å². The Labute approximate surface area is 127 Å². The molecule has 0 spiro atoms. The van der Waals surface area contributed by atoms with Crippen LogP contribution in [0.15, 0.2) is 42.7 Å². The van der Waals surface area contributed by atoms with Gasteiger partial charge in [-0.3, -0.25) is 4.98 Å². The van der Waals surface area contributed by atoms with E-state index in [0.717, 1.165) is 12.3 Å². The first-order chi connectivity index (χ1) is 10.3. The van der Waals surface area contributed by atoms with Gasteiger partial charge in [0.25, 0.3) is 0 Å². The average molecular weight is 280 g/mol. The molecule has 0 aliphatic carbocycles. The molecule has 1 aromatic heterocycles. The van der Waals surface area contributed by atoms with Gasteiger partial charge in [0.15, 0.2) is 0 Å². The molecule has 0 atom stereocenters. The Hall–Kier alpha value is -1.67. The Balaban J connectivity index is 1.67. The van der Waals surface area contributed by atoms with Crippen molar-refractivity contribution in [3.63, 3.8) is 0 Å². The van der Waals surface area contributed by atoms with E-state index in [-0.39, 0.29) is 0 Å². The van der Waals surface area contributed by atoms with Crippen LogP contribution in [-0.2, 0) is 12.8 Å². The Morgan fingerprint density at radius 1 is 1.05 bits per heavy atom. The van der Waals surface area contributed by atoms with Gasteiger partial charge in [0.05, 0.1) is 0 Å². The number of nitrogens with zero attached hydrogens (tertiary/aromatic N) is 1. The second-order valence-electron chi connectivity index (χ2n) is 6.26. The lowest BCUT2D eigenvalue weighted by molar-refractivity contribution is 0.372. The highest BCUT2D eigenvalue weighted by molar-refractivity contribution is 5.29. The summed E-state index contributed by atoms with van der Waals surface area (Å²) in [7, 11) is 0. The Kier molecular flexibility index (Phi) is 4.66. The van der Waals surface area contributed by atoms with Crippen molar-refractivity contribution in [3.05, 3.63) is 65.0 Å². The minimum Gasteiger partial charge on any atom is -0.317 e. The smallest absolute Gasteiger partial charge is 0.0303 e. The molecule has 1 fully saturated rings. The lowest BCUT2D eigenvalue weighted by Crippen LogP contribution is -2.28. The van der Waals surface area contributed by atoms with E-state index in [4.69, 9.17) is 0 Å². The zero-order valence-corrected chi connectivity index (χ0v) is 12.8. The molecule has 0 bridgehead atoms. The molecule has 0 unspecified atom stereocenters. The number of nitrogens with one attached hydrogen (secondary N) is 1. The van der Waals surface area contributed by atoms with Gasteiger partial charge in [-0.2, -0.15) is 0 Å². The number of aryl methyl sites for hydroxylation is 1. The third-order valence-corrected chi connectivity index (χ3v) is 4.33. The van der Waals surface area contributed by atoms with Crippen LogP contribution in [0.4, 0.5) is 0 Å². The van der Waals surface area contributed by atoms with Crippen molar-refractivity contribution in [2.45, 2.75) is 32.6 Å². The van der Waals surface area contributed by atoms with Gasteiger partial charge in [-0.1, -0.05) is 35.9 Å². The fourth-order valence-corrected chi connectivity index (χ4v) is 3.23. The van der Waals surface area contributed by atoms with Crippen molar-refractivity contribution in [2.24, 2.45) is 5.92 Å². The van der Waals surface area contributed by atoms with E-state index in [1.807, 2.05) is 12.4 Å². The first kappa shape index (κ1) is 14.3. The first-order valence-electron chi connectivity index (χ1n) is 7.98. The summed E-state index contributed by atoms with van der Waals surface area (Å²) in [6, 6.07) is 11.1. The summed E-state index contributed by atoms with van der Waals surface area (Å²) in [5.41, 5.74) is 5.42. The Morgan fingerprint density at radius 3 is 2.67 bits per heavy atom. The van der Waals surface area contributed by atoms with Crippen LogP contribution in [0, 0.1) is 12.8 Å². The number of hydrogen-bond acceptors (Lipinski definition) is 2. The van der Waals surface area contributed by atoms with Gasteiger partial charge in [-0.15, -0.1) is 0 Å². The van der Waals surface area contributed by atoms with Crippen LogP contribution in [-0.4, -0.2) is 18.1 Å². The van der Waals surface area contributed by atoms with Gasteiger partial charge < -0.3 is 5.32 Å². The number of piperidine rings is 1. The number of hydrogen-bond donors (Lipinski definition) is 1. The number of rotatable bonds is 4. The number of aromatic nitrogens is 1. The second kappa shape index (κ2) is 6.86. The van der Waals surface area contributed by atoms with E-state index in [9.17, 15) is 0 Å². The minimum absolute atomic E-state index is 0.822. The van der Waals surface area contributed by atoms with Crippen LogP contribution < -0.4 is 5.32 Å². The average Bonchev–Trinajstić information content (AvgIpc) is 2.49. The molecule has 0 saturated carbocycles. The van der Waals surface area contributed by atoms with Crippen molar-refractivity contribution >= 4 is 0 Å². The van der Waals surface area contributed by atoms with Crippen molar-refractivity contribution < 1.29 is 0 Å². The highest BCUT2D eigenvalue weighted by atomic mass is 14.9. The predicted molar refractivity (Wildman–Crippen MR) is 87.5 cm³/mol. The van der Waals surface area contributed by atoms with Crippen molar-refractivity contribution in [1.82, 2.24) is 10.3 Å². The molecule has 0 radical (unpaired) electrons. The van der Waals surface area contributed by atoms with Crippen LogP contribution in [0.2, 0.25) is 0 Å². The molecule has 1 aliphatic heterocycles. The van der Waals surface area contributed by atoms with E-state index in [0.29, 0.717) is 0 Å². The lowest BCUT2D eigenvalue weighted by Gasteiger charge is -2.22. The van der Waals surface area contributed by atoms with Crippen molar-refractivity contribution in [2.75, 3.05) is 13.1 Å². The Morgan fingerprint density at radius 2 is 1.86 bits per heavy atom. The van der Waals surface area contributed by atoms with Crippen LogP contribution in [0.5, 0.6) is 0 Å². The maximum Gasteiger partial charge on any atom is 0.0303 e. The molecule has 21 heavy (non-hydrogen) atoms. The highest BCUT2D eigenvalue weighted by Crippen LogP contribution is 2.19. The molecule has 2 heterocycles. The third kappa shape index (κ3) is 4.15. The predicted octanol–water partition coefficient (Wildman–Crippen LogP) is 3.52. The summed E-state index contributed by atoms with van der Waals surface area (Å²) in [5, 5.41) is 3.43. The van der Waals surface area contributed by atoms with Crippen LogP contribution >= 0.6 is 0 Å². The zero-order chi connectivity index (χ0) is 14.5. The summed E-state index contributed by atoms with van der Waals surface area (Å²) < 4.78 is 0. The van der Waals surface area contributed by atoms with Crippen LogP contribution in [0.25, 0.3) is 0 Å². The SMILES string of the molecule is Cc1cccc(Cc2cncc(CC3CCNCC3)c2)c1. The number of pyridine rings is 1. The Bertz CT molecular complexity index is 586. The standard InChI is InChI=1S/C19H24N2/c1-15-3-2-4-17(9-15)11-19-12-18(13-21-14-19)10-16-5-7-20-8-6-16/h2-4,9,12-14,16,20H,5-8,10-11H2,1H3. The molecule has 1 N–H and O–H groups in total. The molecule has 0 amide bonds. The molecule has 1 aliphatic rings. The van der Waals surface area contributed by atoms with Crippen molar-refractivity contribution in [3.8, 4) is 0 Å². The van der Waals surface area contributed by atoms with E-state index in [1.165, 1.54) is 54.6 Å². The monoisotopic (exact) mass is 280 g/mol. The molecule has 1 aromatic carbocycles. The molecular formula is C19H24N2.